The SMILES string of the molecule is O=C(O)CCN(C[C@@H]1CCCO1)C(=O)C[C@H]1CCOc2ccccc21. The number of rotatable bonds is 7. The van der Waals surface area contributed by atoms with Crippen LogP contribution >= 0.6 is 0 Å². The summed E-state index contributed by atoms with van der Waals surface area (Å²) in [5.74, 6) is 0.0806. The Morgan fingerprint density at radius 1 is 1.20 bits per heavy atom. The molecule has 2 heterocycles. The highest BCUT2D eigenvalue weighted by molar-refractivity contribution is 5.78. The van der Waals surface area contributed by atoms with Crippen LogP contribution in [-0.4, -0.2) is 54.3 Å². The van der Waals surface area contributed by atoms with E-state index >= 15 is 0 Å². The molecule has 1 aromatic carbocycles. The standard InChI is InChI=1S/C19H25NO5/c21-18(12-14-8-11-25-17-6-2-1-5-16(14)17)20(9-7-19(22)23)13-15-4-3-10-24-15/h1-2,5-6,14-15H,3-4,7-13H2,(H,22,23)/t14-,15+/m1/s1. The third-order valence-corrected chi connectivity index (χ3v) is 4.90. The molecule has 1 fully saturated rings. The molecule has 0 saturated carbocycles. The molecule has 0 unspecified atom stereocenters. The van der Waals surface area contributed by atoms with Crippen molar-refractivity contribution in [3.63, 3.8) is 0 Å². The summed E-state index contributed by atoms with van der Waals surface area (Å²) < 4.78 is 11.3. The van der Waals surface area contributed by atoms with Gasteiger partial charge in [0.2, 0.25) is 5.91 Å². The first-order chi connectivity index (χ1) is 12.1. The highest BCUT2D eigenvalue weighted by atomic mass is 16.5. The lowest BCUT2D eigenvalue weighted by molar-refractivity contribution is -0.139. The lowest BCUT2D eigenvalue weighted by Crippen LogP contribution is -2.39. The van der Waals surface area contributed by atoms with Crippen LogP contribution in [0.3, 0.4) is 0 Å². The molecule has 2 atom stereocenters. The molecular weight excluding hydrogens is 322 g/mol. The third kappa shape index (κ3) is 4.72. The number of carboxylic acid groups (broad SMARTS) is 1. The molecule has 1 saturated heterocycles. The largest absolute Gasteiger partial charge is 0.493 e. The number of ether oxygens (including phenoxy) is 2. The van der Waals surface area contributed by atoms with Gasteiger partial charge in [-0.15, -0.1) is 0 Å². The van der Waals surface area contributed by atoms with Crippen LogP contribution in [0.4, 0.5) is 0 Å². The number of nitrogens with zero attached hydrogens (tertiary/aromatic N) is 1. The average Bonchev–Trinajstić information content (AvgIpc) is 3.12. The lowest BCUT2D eigenvalue weighted by atomic mass is 9.90. The molecule has 2 aliphatic heterocycles. The molecule has 0 aliphatic carbocycles. The minimum atomic E-state index is -0.887. The van der Waals surface area contributed by atoms with Gasteiger partial charge in [0.25, 0.3) is 0 Å². The molecule has 6 heteroatoms. The fourth-order valence-corrected chi connectivity index (χ4v) is 3.55. The van der Waals surface area contributed by atoms with Crippen molar-refractivity contribution < 1.29 is 24.2 Å². The second-order valence-electron chi connectivity index (χ2n) is 6.69. The Morgan fingerprint density at radius 3 is 2.80 bits per heavy atom. The first-order valence-corrected chi connectivity index (χ1v) is 8.96. The summed E-state index contributed by atoms with van der Waals surface area (Å²) in [6.45, 7) is 2.05. The van der Waals surface area contributed by atoms with E-state index in [0.717, 1.165) is 37.2 Å². The predicted octanol–water partition coefficient (Wildman–Crippen LogP) is 2.43. The maximum atomic E-state index is 12.9. The Morgan fingerprint density at radius 2 is 2.04 bits per heavy atom. The van der Waals surface area contributed by atoms with Gasteiger partial charge in [-0.25, -0.2) is 0 Å². The van der Waals surface area contributed by atoms with Crippen LogP contribution in [0.5, 0.6) is 5.75 Å². The Bertz CT molecular complexity index is 612. The fourth-order valence-electron chi connectivity index (χ4n) is 3.55. The summed E-state index contributed by atoms with van der Waals surface area (Å²) in [6.07, 6.45) is 3.10. The van der Waals surface area contributed by atoms with E-state index in [-0.39, 0.29) is 30.9 Å². The maximum Gasteiger partial charge on any atom is 0.305 e. The van der Waals surface area contributed by atoms with Crippen LogP contribution in [0.2, 0.25) is 0 Å². The van der Waals surface area contributed by atoms with Gasteiger partial charge in [-0.3, -0.25) is 9.59 Å². The number of carbonyl (C=O) groups is 2. The molecule has 0 spiro atoms. The molecule has 6 nitrogen and oxygen atoms in total. The van der Waals surface area contributed by atoms with E-state index < -0.39 is 5.97 Å². The number of amides is 1. The summed E-state index contributed by atoms with van der Waals surface area (Å²) >= 11 is 0. The van der Waals surface area contributed by atoms with Crippen LogP contribution in [0.1, 0.15) is 43.6 Å². The van der Waals surface area contributed by atoms with Gasteiger partial charge >= 0.3 is 5.97 Å². The smallest absolute Gasteiger partial charge is 0.305 e. The van der Waals surface area contributed by atoms with E-state index in [0.29, 0.717) is 19.6 Å². The summed E-state index contributed by atoms with van der Waals surface area (Å²) in [5, 5.41) is 8.97. The second-order valence-corrected chi connectivity index (χ2v) is 6.69. The minimum Gasteiger partial charge on any atom is -0.493 e. The number of benzene rings is 1. The number of hydrogen-bond acceptors (Lipinski definition) is 4. The van der Waals surface area contributed by atoms with Crippen LogP contribution in [-0.2, 0) is 14.3 Å². The summed E-state index contributed by atoms with van der Waals surface area (Å²) in [4.78, 5) is 25.5. The van der Waals surface area contributed by atoms with Crippen molar-refractivity contribution >= 4 is 11.9 Å². The maximum absolute atomic E-state index is 12.9. The average molecular weight is 347 g/mol. The Hall–Kier alpha value is -2.08. The van der Waals surface area contributed by atoms with Crippen LogP contribution < -0.4 is 4.74 Å². The van der Waals surface area contributed by atoms with Crippen LogP contribution in [0, 0.1) is 0 Å². The summed E-state index contributed by atoms with van der Waals surface area (Å²) in [7, 11) is 0. The molecule has 1 amide bonds. The van der Waals surface area contributed by atoms with E-state index in [9.17, 15) is 9.59 Å². The quantitative estimate of drug-likeness (QED) is 0.820. The molecule has 0 bridgehead atoms. The van der Waals surface area contributed by atoms with E-state index in [2.05, 4.69) is 0 Å². The van der Waals surface area contributed by atoms with Crippen LogP contribution in [0.25, 0.3) is 0 Å². The molecule has 3 rings (SSSR count). The third-order valence-electron chi connectivity index (χ3n) is 4.90. The minimum absolute atomic E-state index is 0.00143. The van der Waals surface area contributed by atoms with Gasteiger partial charge in [0, 0.05) is 26.1 Å². The highest BCUT2D eigenvalue weighted by Crippen LogP contribution is 2.35. The van der Waals surface area contributed by atoms with Crippen molar-refractivity contribution in [2.24, 2.45) is 0 Å². The first-order valence-electron chi connectivity index (χ1n) is 8.96. The Kier molecular flexibility index (Phi) is 5.91. The molecule has 2 aliphatic rings. The van der Waals surface area contributed by atoms with Crippen molar-refractivity contribution in [2.45, 2.75) is 44.1 Å². The highest BCUT2D eigenvalue weighted by Gasteiger charge is 2.28. The van der Waals surface area contributed by atoms with Gasteiger partial charge in [-0.05, 0) is 36.8 Å². The molecule has 1 aromatic rings. The summed E-state index contributed by atoms with van der Waals surface area (Å²) in [6, 6.07) is 7.83. The van der Waals surface area contributed by atoms with E-state index in [1.54, 1.807) is 4.90 Å². The van der Waals surface area contributed by atoms with E-state index in [4.69, 9.17) is 14.6 Å². The van der Waals surface area contributed by atoms with Gasteiger partial charge in [0.05, 0.1) is 19.1 Å². The molecular formula is C19H25NO5. The van der Waals surface area contributed by atoms with Crippen molar-refractivity contribution in [1.82, 2.24) is 4.90 Å². The molecule has 25 heavy (non-hydrogen) atoms. The van der Waals surface area contributed by atoms with Crippen molar-refractivity contribution in [1.29, 1.82) is 0 Å². The number of aliphatic carboxylic acids is 1. The number of carbonyl (C=O) groups excluding carboxylic acids is 1. The lowest BCUT2D eigenvalue weighted by Gasteiger charge is -2.29. The van der Waals surface area contributed by atoms with Crippen LogP contribution in [0.15, 0.2) is 24.3 Å². The van der Waals surface area contributed by atoms with Gasteiger partial charge in [0.15, 0.2) is 0 Å². The molecule has 0 aromatic heterocycles. The second kappa shape index (κ2) is 8.34. The number of para-hydroxylation sites is 1. The zero-order valence-corrected chi connectivity index (χ0v) is 14.4. The van der Waals surface area contributed by atoms with Crippen molar-refractivity contribution in [2.75, 3.05) is 26.3 Å². The van der Waals surface area contributed by atoms with Gasteiger partial charge in [0.1, 0.15) is 5.75 Å². The molecule has 136 valence electrons. The predicted molar refractivity (Wildman–Crippen MR) is 91.7 cm³/mol. The van der Waals surface area contributed by atoms with Gasteiger partial charge in [-0.2, -0.15) is 0 Å². The fraction of sp³-hybridized carbons (Fsp3) is 0.579. The number of carboxylic acids is 1. The summed E-state index contributed by atoms with van der Waals surface area (Å²) in [5.41, 5.74) is 1.07. The zero-order chi connectivity index (χ0) is 17.6. The van der Waals surface area contributed by atoms with E-state index in [1.165, 1.54) is 0 Å². The molecule has 1 N–H and O–H groups in total. The topological polar surface area (TPSA) is 76.1 Å². The number of hydrogen-bond donors (Lipinski definition) is 1. The van der Waals surface area contributed by atoms with E-state index in [1.807, 2.05) is 24.3 Å². The zero-order valence-electron chi connectivity index (χ0n) is 14.4. The van der Waals surface area contributed by atoms with Gasteiger partial charge in [-0.1, -0.05) is 18.2 Å². The normalized spacial score (nSPS) is 22.1. The number of fused-ring (bicyclic) bond motifs is 1. The van der Waals surface area contributed by atoms with Crippen molar-refractivity contribution in [3.05, 3.63) is 29.8 Å². The van der Waals surface area contributed by atoms with Gasteiger partial charge < -0.3 is 19.5 Å². The monoisotopic (exact) mass is 347 g/mol. The Balaban J connectivity index is 1.65. The Labute approximate surface area is 147 Å². The van der Waals surface area contributed by atoms with Crippen molar-refractivity contribution in [3.8, 4) is 5.75 Å². The molecule has 0 radical (unpaired) electrons. The first kappa shape index (κ1) is 17.7.